The third kappa shape index (κ3) is 5.67. The van der Waals surface area contributed by atoms with Gasteiger partial charge in [0.15, 0.2) is 0 Å². The number of fused-ring (bicyclic) bond motifs is 11. The van der Waals surface area contributed by atoms with Crippen LogP contribution < -0.4 is 4.90 Å². The highest BCUT2D eigenvalue weighted by Gasteiger charge is 2.20. The van der Waals surface area contributed by atoms with E-state index in [-0.39, 0.29) is 0 Å². The Labute approximate surface area is 363 Å². The van der Waals surface area contributed by atoms with E-state index in [0.29, 0.717) is 0 Å². The minimum Gasteiger partial charge on any atom is -0.455 e. The topological polar surface area (TPSA) is 21.3 Å². The molecule has 3 nitrogen and oxygen atoms in total. The van der Waals surface area contributed by atoms with E-state index in [2.05, 4.69) is 240 Å². The highest BCUT2D eigenvalue weighted by molar-refractivity contribution is 6.16. The average Bonchev–Trinajstić information content (AvgIpc) is 3.90. The van der Waals surface area contributed by atoms with Crippen LogP contribution in [0.1, 0.15) is 0 Å². The number of benzene rings is 11. The number of nitrogens with zero attached hydrogens (tertiary/aromatic N) is 2. The zero-order valence-corrected chi connectivity index (χ0v) is 34.2. The van der Waals surface area contributed by atoms with Crippen molar-refractivity contribution >= 4 is 93.1 Å². The van der Waals surface area contributed by atoms with Gasteiger partial charge in [-0.05, 0) is 116 Å². The van der Waals surface area contributed by atoms with Gasteiger partial charge in [0.1, 0.15) is 11.2 Å². The van der Waals surface area contributed by atoms with Crippen LogP contribution in [0.5, 0.6) is 0 Å². The molecule has 0 bridgehead atoms. The molecule has 2 heterocycles. The Morgan fingerprint density at radius 2 is 0.921 bits per heavy atom. The number of para-hydroxylation sites is 3. The molecule has 2 aromatic heterocycles. The molecule has 13 rings (SSSR count). The van der Waals surface area contributed by atoms with E-state index in [9.17, 15) is 0 Å². The molecule has 0 unspecified atom stereocenters. The van der Waals surface area contributed by atoms with Crippen molar-refractivity contribution in [3.05, 3.63) is 231 Å². The molecule has 13 aromatic rings. The standard InChI is InChI=1S/C60H38N2O/c1-3-16-48-40(12-1)24-25-43-37-47(32-35-49(43)48)61(56-21-8-5-17-50(56)44-29-33-54-55-34-28-41-13-2-4-18-51(41)60(55)63-59(54)38-44)45-30-26-39(27-31-45)42-14-11-15-46(36-42)62-57-22-9-6-19-52(57)53-20-7-10-23-58(53)62/h1-38H. The molecule has 0 saturated carbocycles. The van der Waals surface area contributed by atoms with Gasteiger partial charge in [-0.2, -0.15) is 0 Å². The predicted molar refractivity (Wildman–Crippen MR) is 266 cm³/mol. The van der Waals surface area contributed by atoms with Gasteiger partial charge in [0, 0.05) is 49.6 Å². The van der Waals surface area contributed by atoms with Crippen LogP contribution in [-0.4, -0.2) is 4.57 Å². The summed E-state index contributed by atoms with van der Waals surface area (Å²) in [6, 6.07) is 83.5. The zero-order valence-electron chi connectivity index (χ0n) is 34.2. The van der Waals surface area contributed by atoms with Crippen molar-refractivity contribution in [1.29, 1.82) is 0 Å². The van der Waals surface area contributed by atoms with E-state index in [0.717, 1.165) is 72.3 Å². The van der Waals surface area contributed by atoms with Crippen LogP contribution >= 0.6 is 0 Å². The first kappa shape index (κ1) is 35.4. The number of aromatic nitrogens is 1. The smallest absolute Gasteiger partial charge is 0.143 e. The Morgan fingerprint density at radius 1 is 0.333 bits per heavy atom. The van der Waals surface area contributed by atoms with Crippen molar-refractivity contribution in [3.8, 4) is 27.9 Å². The first-order chi connectivity index (χ1) is 31.2. The minimum absolute atomic E-state index is 0.880. The highest BCUT2D eigenvalue weighted by Crippen LogP contribution is 2.44. The largest absolute Gasteiger partial charge is 0.455 e. The maximum Gasteiger partial charge on any atom is 0.143 e. The zero-order chi connectivity index (χ0) is 41.4. The molecule has 0 spiro atoms. The average molecular weight is 803 g/mol. The molecule has 11 aromatic carbocycles. The maximum atomic E-state index is 6.70. The van der Waals surface area contributed by atoms with E-state index < -0.39 is 0 Å². The predicted octanol–water partition coefficient (Wildman–Crippen LogP) is 16.9. The van der Waals surface area contributed by atoms with Crippen LogP contribution in [0.15, 0.2) is 235 Å². The van der Waals surface area contributed by atoms with Crippen molar-refractivity contribution in [2.24, 2.45) is 0 Å². The number of furan rings is 1. The first-order valence-corrected chi connectivity index (χ1v) is 21.6. The van der Waals surface area contributed by atoms with Crippen LogP contribution in [0, 0.1) is 0 Å². The molecule has 0 aliphatic rings. The van der Waals surface area contributed by atoms with Gasteiger partial charge in [-0.3, -0.25) is 0 Å². The molecule has 0 radical (unpaired) electrons. The van der Waals surface area contributed by atoms with E-state index in [4.69, 9.17) is 4.42 Å². The molecular weight excluding hydrogens is 765 g/mol. The SMILES string of the molecule is c1cc(-c2ccc(N(c3ccc4c(ccc5ccccc54)c3)c3ccccc3-c3ccc4c(c3)oc3c5ccccc5ccc43)cc2)cc(-n2c3ccccc3c3ccccc32)c1. The van der Waals surface area contributed by atoms with Crippen LogP contribution in [0.4, 0.5) is 17.1 Å². The van der Waals surface area contributed by atoms with E-state index in [1.807, 2.05) is 0 Å². The van der Waals surface area contributed by atoms with Crippen molar-refractivity contribution in [3.63, 3.8) is 0 Å². The lowest BCUT2D eigenvalue weighted by atomic mass is 9.98. The number of hydrogen-bond acceptors (Lipinski definition) is 2. The number of anilines is 3. The van der Waals surface area contributed by atoms with Crippen LogP contribution in [0.25, 0.3) is 104 Å². The molecule has 0 N–H and O–H groups in total. The van der Waals surface area contributed by atoms with Gasteiger partial charge in [0.2, 0.25) is 0 Å². The van der Waals surface area contributed by atoms with Crippen molar-refractivity contribution < 1.29 is 4.42 Å². The van der Waals surface area contributed by atoms with Gasteiger partial charge in [0.25, 0.3) is 0 Å². The molecule has 3 heteroatoms. The lowest BCUT2D eigenvalue weighted by Gasteiger charge is -2.28. The fourth-order valence-corrected chi connectivity index (χ4v) is 9.98. The first-order valence-electron chi connectivity index (χ1n) is 21.6. The monoisotopic (exact) mass is 802 g/mol. The van der Waals surface area contributed by atoms with E-state index in [1.165, 1.54) is 48.7 Å². The van der Waals surface area contributed by atoms with Gasteiger partial charge in [0.05, 0.1) is 16.7 Å². The number of hydrogen-bond donors (Lipinski definition) is 0. The summed E-state index contributed by atoms with van der Waals surface area (Å²) in [5.74, 6) is 0. The molecule has 0 aliphatic carbocycles. The Kier molecular flexibility index (Phi) is 7.91. The van der Waals surface area contributed by atoms with Crippen LogP contribution in [0.3, 0.4) is 0 Å². The van der Waals surface area contributed by atoms with E-state index >= 15 is 0 Å². The third-order valence-electron chi connectivity index (χ3n) is 12.9. The van der Waals surface area contributed by atoms with Crippen LogP contribution in [0.2, 0.25) is 0 Å². The lowest BCUT2D eigenvalue weighted by molar-refractivity contribution is 0.673. The quantitative estimate of drug-likeness (QED) is 0.156. The molecule has 294 valence electrons. The fourth-order valence-electron chi connectivity index (χ4n) is 9.98. The Balaban J connectivity index is 0.950. The second kappa shape index (κ2) is 14.1. The summed E-state index contributed by atoms with van der Waals surface area (Å²) in [6.45, 7) is 0. The fraction of sp³-hybridized carbons (Fsp3) is 0. The highest BCUT2D eigenvalue weighted by atomic mass is 16.3. The molecular formula is C60H38N2O. The van der Waals surface area contributed by atoms with Crippen molar-refractivity contribution in [1.82, 2.24) is 4.57 Å². The summed E-state index contributed by atoms with van der Waals surface area (Å²) in [7, 11) is 0. The summed E-state index contributed by atoms with van der Waals surface area (Å²) in [6.07, 6.45) is 0. The molecule has 0 aliphatic heterocycles. The second-order valence-corrected chi connectivity index (χ2v) is 16.5. The van der Waals surface area contributed by atoms with Gasteiger partial charge >= 0.3 is 0 Å². The molecule has 0 saturated heterocycles. The van der Waals surface area contributed by atoms with Gasteiger partial charge in [-0.1, -0.05) is 158 Å². The normalized spacial score (nSPS) is 11.8. The number of rotatable bonds is 6. The maximum absolute atomic E-state index is 6.70. The van der Waals surface area contributed by atoms with Crippen molar-refractivity contribution in [2.75, 3.05) is 4.90 Å². The minimum atomic E-state index is 0.880. The Bertz CT molecular complexity index is 3870. The van der Waals surface area contributed by atoms with Gasteiger partial charge < -0.3 is 13.9 Å². The summed E-state index contributed by atoms with van der Waals surface area (Å²) in [5, 5.41) is 12.0. The summed E-state index contributed by atoms with van der Waals surface area (Å²) >= 11 is 0. The van der Waals surface area contributed by atoms with Crippen LogP contribution in [-0.2, 0) is 0 Å². The lowest BCUT2D eigenvalue weighted by Crippen LogP contribution is -2.11. The van der Waals surface area contributed by atoms with Crippen molar-refractivity contribution in [2.45, 2.75) is 0 Å². The third-order valence-corrected chi connectivity index (χ3v) is 12.9. The van der Waals surface area contributed by atoms with Gasteiger partial charge in [-0.15, -0.1) is 0 Å². The molecule has 0 atom stereocenters. The Morgan fingerprint density at radius 3 is 1.73 bits per heavy atom. The van der Waals surface area contributed by atoms with E-state index in [1.54, 1.807) is 0 Å². The second-order valence-electron chi connectivity index (χ2n) is 16.5. The summed E-state index contributed by atoms with van der Waals surface area (Å²) < 4.78 is 9.08. The Hall–Kier alpha value is -8.40. The molecule has 0 amide bonds. The molecule has 0 fully saturated rings. The summed E-state index contributed by atoms with van der Waals surface area (Å²) in [5.41, 5.74) is 13.1. The van der Waals surface area contributed by atoms with Gasteiger partial charge in [-0.25, -0.2) is 0 Å². The molecule has 63 heavy (non-hydrogen) atoms. The summed E-state index contributed by atoms with van der Waals surface area (Å²) in [4.78, 5) is 2.40.